The molecule has 0 aromatic rings. The zero-order chi connectivity index (χ0) is 2.00. The molecule has 0 saturated heterocycles. The third-order valence-corrected chi connectivity index (χ3v) is 0. The molecule has 0 heterocycles. The van der Waals surface area contributed by atoms with E-state index < -0.39 is 0 Å². The second kappa shape index (κ2) is 103. The van der Waals surface area contributed by atoms with E-state index in [-0.39, 0.29) is 45.7 Å². The van der Waals surface area contributed by atoms with E-state index >= 15 is 0 Å². The summed E-state index contributed by atoms with van der Waals surface area (Å²) in [5, 5.41) is 0. The molecule has 0 aliphatic heterocycles. The molecule has 0 aliphatic carbocycles. The molecule has 0 atom stereocenters. The van der Waals surface area contributed by atoms with Crippen molar-refractivity contribution in [1.82, 2.24) is 0 Å². The molecular formula is H11Al3O3. The monoisotopic (exact) mass is 140 g/mol. The van der Waals surface area contributed by atoms with Gasteiger partial charge in [-0.05, 0) is 0 Å². The van der Waals surface area contributed by atoms with Gasteiger partial charge in [0.1, 0.15) is 0 Å². The molecule has 0 bridgehead atoms. The number of hydrogen-bond donors (Lipinski definition) is 0. The third kappa shape index (κ3) is 57.1. The van der Waals surface area contributed by atoms with Crippen LogP contribution in [0.3, 0.4) is 0 Å². The first kappa shape index (κ1) is 54.4. The Balaban J connectivity index is -0.000000000833. The summed E-state index contributed by atoms with van der Waals surface area (Å²) in [6.45, 7) is 0. The van der Waals surface area contributed by atoms with E-state index in [0.717, 1.165) is 0 Å². The predicted octanol–water partition coefficient (Wildman–Crippen LogP) is -4.78. The molecule has 38 valence electrons. The van der Waals surface area contributed by atoms with Crippen LogP contribution in [0.2, 0.25) is 0 Å². The molecule has 0 aromatic heterocycles. The predicted molar refractivity (Wildman–Crippen MR) is 34.9 cm³/mol. The van der Waals surface area contributed by atoms with E-state index in [1.165, 1.54) is 0 Å². The first-order valence-corrected chi connectivity index (χ1v) is 0.866. The van der Waals surface area contributed by atoms with Crippen LogP contribution in [0.4, 0.5) is 0 Å². The Morgan fingerprint density at radius 2 is 0.833 bits per heavy atom. The van der Waals surface area contributed by atoms with Crippen LogP contribution >= 0.6 is 0 Å². The van der Waals surface area contributed by atoms with Gasteiger partial charge < -0.3 is 11.0 Å². The van der Waals surface area contributed by atoms with E-state index in [9.17, 15) is 0 Å². The third-order valence-electron chi connectivity index (χ3n) is 0. The summed E-state index contributed by atoms with van der Waals surface area (Å²) in [4.78, 5) is 0. The molecule has 0 spiro atoms. The van der Waals surface area contributed by atoms with Crippen molar-refractivity contribution in [1.29, 1.82) is 0 Å². The van der Waals surface area contributed by atoms with E-state index in [4.69, 9.17) is 3.80 Å². The Bertz CT molecular complexity index is 6.00. The fraction of sp³-hybridized carbons (Fsp3) is 0. The molecule has 0 radical (unpaired) electrons. The second-order valence-electron chi connectivity index (χ2n) is 0. The van der Waals surface area contributed by atoms with E-state index in [2.05, 4.69) is 0 Å². The van der Waals surface area contributed by atoms with Gasteiger partial charge in [-0.1, -0.05) is 0 Å². The molecule has 0 fully saturated rings. The van der Waals surface area contributed by atoms with Crippen molar-refractivity contribution < 1.29 is 14.8 Å². The molecule has 6 heteroatoms. The number of rotatable bonds is 0. The maximum atomic E-state index is 8.28. The van der Waals surface area contributed by atoms with Crippen molar-refractivity contribution >= 4 is 50.9 Å². The van der Waals surface area contributed by atoms with E-state index in [1.807, 2.05) is 0 Å². The van der Waals surface area contributed by atoms with Gasteiger partial charge in [0, 0.05) is 0 Å². The first-order valence-electron chi connectivity index (χ1n) is 0.289. The Hall–Kier alpha value is 1.32. The van der Waals surface area contributed by atoms with E-state index in [0.29, 0.717) is 16.2 Å². The summed E-state index contributed by atoms with van der Waals surface area (Å²) < 4.78 is 8.28. The van der Waals surface area contributed by atoms with Crippen LogP contribution in [0.15, 0.2) is 0 Å². The zero-order valence-electron chi connectivity index (χ0n) is 2.12. The molecule has 0 aliphatic rings. The van der Waals surface area contributed by atoms with Crippen molar-refractivity contribution in [2.75, 3.05) is 0 Å². The standard InChI is InChI=1S/3Al.2H2O.O.7H/h;;;2*1H2;;;;;;;;. The molecule has 4 N–H and O–H groups in total. The van der Waals surface area contributed by atoms with Crippen molar-refractivity contribution in [2.45, 2.75) is 0 Å². The molecular weight excluding hydrogens is 129 g/mol. The van der Waals surface area contributed by atoms with Gasteiger partial charge in [0.15, 0.2) is 34.7 Å². The normalized spacial score (nSPS) is 0.500. The van der Waals surface area contributed by atoms with Crippen LogP contribution in [0.1, 0.15) is 0 Å². The Morgan fingerprint density at radius 1 is 0.833 bits per heavy atom. The Labute approximate surface area is 65.6 Å². The van der Waals surface area contributed by atoms with Crippen molar-refractivity contribution in [3.63, 3.8) is 0 Å². The molecule has 3 nitrogen and oxygen atoms in total. The van der Waals surface area contributed by atoms with Crippen LogP contribution < -0.4 is 0 Å². The molecule has 0 saturated carbocycles. The van der Waals surface area contributed by atoms with Crippen LogP contribution in [0.25, 0.3) is 0 Å². The van der Waals surface area contributed by atoms with Crippen molar-refractivity contribution in [3.8, 4) is 0 Å². The summed E-state index contributed by atoms with van der Waals surface area (Å²) in [6, 6.07) is 0. The zero-order valence-corrected chi connectivity index (χ0v) is 3.53. The molecule has 6 heavy (non-hydrogen) atoms. The van der Waals surface area contributed by atoms with Gasteiger partial charge in [-0.3, -0.25) is 0 Å². The van der Waals surface area contributed by atoms with Gasteiger partial charge in [-0.2, -0.15) is 0 Å². The van der Waals surface area contributed by atoms with Crippen molar-refractivity contribution in [2.24, 2.45) is 0 Å². The maximum absolute atomic E-state index is 8.28. The first-order chi connectivity index (χ1) is 1.00. The Kier molecular flexibility index (Phi) is 933. The molecule has 0 rings (SSSR count). The van der Waals surface area contributed by atoms with Gasteiger partial charge >= 0.3 is 20.0 Å². The minimum atomic E-state index is 0. The summed E-state index contributed by atoms with van der Waals surface area (Å²) in [5.41, 5.74) is 0. The van der Waals surface area contributed by atoms with Crippen LogP contribution in [-0.2, 0) is 3.80 Å². The summed E-state index contributed by atoms with van der Waals surface area (Å²) in [6.07, 6.45) is 0. The molecule has 0 unspecified atom stereocenters. The van der Waals surface area contributed by atoms with Gasteiger partial charge in [-0.15, -0.1) is 0 Å². The fourth-order valence-electron chi connectivity index (χ4n) is 0. The average Bonchev–Trinajstić information content (AvgIpc) is 1.00. The molecule has 0 amide bonds. The second-order valence-corrected chi connectivity index (χ2v) is 0. The quantitative estimate of drug-likeness (QED) is 0.311. The number of hydrogen-bond acceptors (Lipinski definition) is 1. The van der Waals surface area contributed by atoms with Crippen LogP contribution in [-0.4, -0.2) is 61.9 Å². The van der Waals surface area contributed by atoms with Gasteiger partial charge in [0.2, 0.25) is 0 Å². The molecule has 0 aromatic carbocycles. The van der Waals surface area contributed by atoms with Crippen molar-refractivity contribution in [3.05, 3.63) is 0 Å². The van der Waals surface area contributed by atoms with Gasteiger partial charge in [-0.25, -0.2) is 0 Å². The van der Waals surface area contributed by atoms with Gasteiger partial charge in [0.05, 0.1) is 0 Å². The topological polar surface area (TPSA) is 80.1 Å². The Morgan fingerprint density at radius 3 is 0.833 bits per heavy atom. The van der Waals surface area contributed by atoms with Crippen LogP contribution in [0.5, 0.6) is 0 Å². The SMILES string of the molecule is O.O.[AlH3].[AlH3].[O]=[AlH]. The average molecular weight is 140 g/mol. The van der Waals surface area contributed by atoms with E-state index in [1.54, 1.807) is 0 Å². The summed E-state index contributed by atoms with van der Waals surface area (Å²) in [7, 11) is 0. The van der Waals surface area contributed by atoms with Crippen LogP contribution in [0, 0.1) is 0 Å². The summed E-state index contributed by atoms with van der Waals surface area (Å²) >= 11 is 0.611. The minimum absolute atomic E-state index is 0. The fourth-order valence-corrected chi connectivity index (χ4v) is 0. The van der Waals surface area contributed by atoms with Gasteiger partial charge in [0.25, 0.3) is 0 Å². The summed E-state index contributed by atoms with van der Waals surface area (Å²) in [5.74, 6) is 0.